The van der Waals surface area contributed by atoms with Gasteiger partial charge in [-0.05, 0) is 41.8 Å². The summed E-state index contributed by atoms with van der Waals surface area (Å²) < 4.78 is 29.8. The highest BCUT2D eigenvalue weighted by atomic mass is 19.1. The molecule has 0 saturated carbocycles. The van der Waals surface area contributed by atoms with Gasteiger partial charge in [0, 0.05) is 32.6 Å². The highest BCUT2D eigenvalue weighted by Crippen LogP contribution is 2.18. The molecule has 0 radical (unpaired) electrons. The first-order chi connectivity index (χ1) is 14.6. The number of rotatable bonds is 10. The Morgan fingerprint density at radius 3 is 2.77 bits per heavy atom. The van der Waals surface area contributed by atoms with Crippen LogP contribution in [0.3, 0.4) is 0 Å². The van der Waals surface area contributed by atoms with Crippen LogP contribution in [0, 0.1) is 5.82 Å². The van der Waals surface area contributed by atoms with E-state index in [1.54, 1.807) is 12.1 Å². The van der Waals surface area contributed by atoms with Crippen LogP contribution < -0.4 is 14.8 Å². The lowest BCUT2D eigenvalue weighted by atomic mass is 10.1. The minimum atomic E-state index is -0.416. The van der Waals surface area contributed by atoms with Gasteiger partial charge in [0.1, 0.15) is 12.4 Å². The number of nitrogens with one attached hydrogen (secondary N) is 1. The van der Waals surface area contributed by atoms with Crippen LogP contribution in [0.1, 0.15) is 17.5 Å². The first kappa shape index (κ1) is 22.1. The molecule has 1 heterocycles. The van der Waals surface area contributed by atoms with E-state index in [2.05, 4.69) is 10.2 Å². The van der Waals surface area contributed by atoms with E-state index in [1.807, 2.05) is 24.3 Å². The van der Waals surface area contributed by atoms with E-state index in [4.69, 9.17) is 14.2 Å². The molecule has 0 aromatic heterocycles. The molecule has 0 spiro atoms. The van der Waals surface area contributed by atoms with E-state index in [9.17, 15) is 9.18 Å². The van der Waals surface area contributed by atoms with Gasteiger partial charge in [-0.1, -0.05) is 18.2 Å². The maximum absolute atomic E-state index is 13.7. The molecule has 1 aliphatic rings. The third kappa shape index (κ3) is 7.00. The first-order valence-corrected chi connectivity index (χ1v) is 10.2. The Morgan fingerprint density at radius 2 is 2.00 bits per heavy atom. The fourth-order valence-corrected chi connectivity index (χ4v) is 3.27. The van der Waals surface area contributed by atoms with Gasteiger partial charge >= 0.3 is 0 Å². The number of hydrogen-bond acceptors (Lipinski definition) is 5. The van der Waals surface area contributed by atoms with Gasteiger partial charge in [0.2, 0.25) is 5.91 Å². The summed E-state index contributed by atoms with van der Waals surface area (Å²) in [5, 5.41) is 2.91. The fourth-order valence-electron chi connectivity index (χ4n) is 3.27. The number of halogens is 1. The smallest absolute Gasteiger partial charge is 0.220 e. The predicted molar refractivity (Wildman–Crippen MR) is 112 cm³/mol. The minimum absolute atomic E-state index is 0.0788. The normalized spacial score (nSPS) is 14.3. The molecule has 0 aliphatic carbocycles. The Kier molecular flexibility index (Phi) is 8.47. The Balaban J connectivity index is 1.38. The van der Waals surface area contributed by atoms with Gasteiger partial charge in [0.25, 0.3) is 0 Å². The molecule has 1 N–H and O–H groups in total. The number of amides is 1. The molecule has 0 unspecified atom stereocenters. The Hall–Kier alpha value is -2.64. The summed E-state index contributed by atoms with van der Waals surface area (Å²) in [6.07, 6.45) is 0.763. The van der Waals surface area contributed by atoms with E-state index in [0.717, 1.165) is 49.7 Å². The molecule has 1 fully saturated rings. The Labute approximate surface area is 176 Å². The topological polar surface area (TPSA) is 60.0 Å². The molecular weight excluding hydrogens is 387 g/mol. The van der Waals surface area contributed by atoms with Crippen LogP contribution in [-0.2, 0) is 22.5 Å². The molecule has 3 rings (SSSR count). The molecule has 6 nitrogen and oxygen atoms in total. The SMILES string of the molecule is COc1ccc(CCC(=O)NCc2cccc(OCCN3CCOCC3)c2)cc1F. The van der Waals surface area contributed by atoms with Crippen LogP contribution in [0.15, 0.2) is 42.5 Å². The van der Waals surface area contributed by atoms with Crippen molar-refractivity contribution in [3.8, 4) is 11.5 Å². The predicted octanol–water partition coefficient (Wildman–Crippen LogP) is 2.79. The number of morpholine rings is 1. The van der Waals surface area contributed by atoms with Crippen LogP contribution in [0.25, 0.3) is 0 Å². The van der Waals surface area contributed by atoms with Gasteiger partial charge in [-0.15, -0.1) is 0 Å². The molecule has 162 valence electrons. The summed E-state index contributed by atoms with van der Waals surface area (Å²) in [7, 11) is 1.43. The van der Waals surface area contributed by atoms with Crippen LogP contribution in [0.2, 0.25) is 0 Å². The molecule has 1 amide bonds. The van der Waals surface area contributed by atoms with Gasteiger partial charge in [0.15, 0.2) is 11.6 Å². The molecule has 30 heavy (non-hydrogen) atoms. The lowest BCUT2D eigenvalue weighted by Crippen LogP contribution is -2.38. The van der Waals surface area contributed by atoms with Crippen molar-refractivity contribution in [1.29, 1.82) is 0 Å². The number of aryl methyl sites for hydroxylation is 1. The van der Waals surface area contributed by atoms with Crippen LogP contribution in [0.4, 0.5) is 4.39 Å². The number of ether oxygens (including phenoxy) is 3. The molecule has 7 heteroatoms. The van der Waals surface area contributed by atoms with Crippen molar-refractivity contribution in [1.82, 2.24) is 10.2 Å². The van der Waals surface area contributed by atoms with E-state index in [0.29, 0.717) is 26.0 Å². The molecule has 2 aromatic rings. The van der Waals surface area contributed by atoms with Crippen LogP contribution >= 0.6 is 0 Å². The van der Waals surface area contributed by atoms with Crippen molar-refractivity contribution in [2.45, 2.75) is 19.4 Å². The van der Waals surface area contributed by atoms with Gasteiger partial charge in [-0.2, -0.15) is 0 Å². The highest BCUT2D eigenvalue weighted by molar-refractivity contribution is 5.76. The molecule has 0 bridgehead atoms. The van der Waals surface area contributed by atoms with Crippen molar-refractivity contribution in [2.75, 3.05) is 46.6 Å². The summed E-state index contributed by atoms with van der Waals surface area (Å²) in [6.45, 7) is 5.36. The third-order valence-electron chi connectivity index (χ3n) is 5.03. The lowest BCUT2D eigenvalue weighted by Gasteiger charge is -2.26. The number of hydrogen-bond donors (Lipinski definition) is 1. The second kappa shape index (κ2) is 11.5. The summed E-state index contributed by atoms with van der Waals surface area (Å²) >= 11 is 0. The van der Waals surface area contributed by atoms with Crippen LogP contribution in [-0.4, -0.2) is 57.4 Å². The standard InChI is InChI=1S/C23H29FN2O4/c1-28-22-7-5-18(16-21(22)24)6-8-23(27)25-17-19-3-2-4-20(15-19)30-14-11-26-9-12-29-13-10-26/h2-5,7,15-16H,6,8-14,17H2,1H3,(H,25,27). The number of methoxy groups -OCH3 is 1. The average molecular weight is 416 g/mol. The van der Waals surface area contributed by atoms with Crippen molar-refractivity contribution in [3.05, 3.63) is 59.4 Å². The lowest BCUT2D eigenvalue weighted by molar-refractivity contribution is -0.121. The zero-order valence-electron chi connectivity index (χ0n) is 17.4. The zero-order valence-corrected chi connectivity index (χ0v) is 17.4. The number of nitrogens with zero attached hydrogens (tertiary/aromatic N) is 1. The van der Waals surface area contributed by atoms with Crippen LogP contribution in [0.5, 0.6) is 11.5 Å². The number of carbonyl (C=O) groups is 1. The summed E-state index contributed by atoms with van der Waals surface area (Å²) in [5.74, 6) is 0.504. The largest absolute Gasteiger partial charge is 0.494 e. The molecular formula is C23H29FN2O4. The maximum atomic E-state index is 13.7. The molecule has 1 aliphatic heterocycles. The quantitative estimate of drug-likeness (QED) is 0.646. The maximum Gasteiger partial charge on any atom is 0.220 e. The van der Waals surface area contributed by atoms with E-state index >= 15 is 0 Å². The number of benzene rings is 2. The van der Waals surface area contributed by atoms with E-state index in [-0.39, 0.29) is 11.7 Å². The van der Waals surface area contributed by atoms with Gasteiger partial charge in [-0.25, -0.2) is 4.39 Å². The summed E-state index contributed by atoms with van der Waals surface area (Å²) in [6, 6.07) is 12.5. The van der Waals surface area contributed by atoms with Gasteiger partial charge in [0.05, 0.1) is 20.3 Å². The first-order valence-electron chi connectivity index (χ1n) is 10.2. The monoisotopic (exact) mass is 416 g/mol. The molecule has 2 aromatic carbocycles. The summed E-state index contributed by atoms with van der Waals surface area (Å²) in [4.78, 5) is 14.5. The van der Waals surface area contributed by atoms with Crippen molar-refractivity contribution in [3.63, 3.8) is 0 Å². The third-order valence-corrected chi connectivity index (χ3v) is 5.03. The minimum Gasteiger partial charge on any atom is -0.494 e. The Bertz CT molecular complexity index is 825. The van der Waals surface area contributed by atoms with Crippen molar-refractivity contribution in [2.24, 2.45) is 0 Å². The summed E-state index contributed by atoms with van der Waals surface area (Å²) in [5.41, 5.74) is 1.74. The van der Waals surface area contributed by atoms with Gasteiger partial charge in [-0.3, -0.25) is 9.69 Å². The highest BCUT2D eigenvalue weighted by Gasteiger charge is 2.10. The number of carbonyl (C=O) groups excluding carboxylic acids is 1. The van der Waals surface area contributed by atoms with E-state index < -0.39 is 5.82 Å². The Morgan fingerprint density at radius 1 is 1.17 bits per heavy atom. The van der Waals surface area contributed by atoms with Gasteiger partial charge < -0.3 is 19.5 Å². The van der Waals surface area contributed by atoms with Crippen molar-refractivity contribution < 1.29 is 23.4 Å². The molecule has 0 atom stereocenters. The van der Waals surface area contributed by atoms with E-state index in [1.165, 1.54) is 13.2 Å². The zero-order chi connectivity index (χ0) is 21.2. The fraction of sp³-hybridized carbons (Fsp3) is 0.435. The van der Waals surface area contributed by atoms with Crippen molar-refractivity contribution >= 4 is 5.91 Å². The second-order valence-corrected chi connectivity index (χ2v) is 7.20. The molecule has 1 saturated heterocycles. The second-order valence-electron chi connectivity index (χ2n) is 7.20. The average Bonchev–Trinajstić information content (AvgIpc) is 2.77.